The van der Waals surface area contributed by atoms with Gasteiger partial charge in [0.25, 0.3) is 5.91 Å². The van der Waals surface area contributed by atoms with E-state index in [0.717, 1.165) is 17.8 Å². The van der Waals surface area contributed by atoms with E-state index in [1.54, 1.807) is 7.11 Å². The zero-order valence-corrected chi connectivity index (χ0v) is 20.3. The van der Waals surface area contributed by atoms with Crippen LogP contribution in [0.4, 0.5) is 0 Å². The Labute approximate surface area is 196 Å². The van der Waals surface area contributed by atoms with Gasteiger partial charge in [-0.1, -0.05) is 80.0 Å². The Morgan fingerprint density at radius 2 is 1.84 bits per heavy atom. The van der Waals surface area contributed by atoms with Gasteiger partial charge in [0.15, 0.2) is 15.8 Å². The minimum Gasteiger partial charge on any atom is -0.385 e. The number of methoxy groups -OCH3 is 1. The summed E-state index contributed by atoms with van der Waals surface area (Å²) >= 11 is 12.1. The highest BCUT2D eigenvalue weighted by Crippen LogP contribution is 2.28. The highest BCUT2D eigenvalue weighted by atomic mass is 35.5. The number of nitrogens with zero attached hydrogens (tertiary/aromatic N) is 3. The average Bonchev–Trinajstić information content (AvgIpc) is 3.12. The Hall–Kier alpha value is -1.81. The number of benzene rings is 1. The number of aromatic nitrogens is 3. The van der Waals surface area contributed by atoms with Gasteiger partial charge in [-0.25, -0.2) is 0 Å². The molecule has 0 aliphatic heterocycles. The van der Waals surface area contributed by atoms with Gasteiger partial charge >= 0.3 is 0 Å². The molecule has 1 aromatic heterocycles. The number of carbonyl (C=O) groups is 2. The van der Waals surface area contributed by atoms with Crippen LogP contribution in [-0.2, 0) is 26.3 Å². The van der Waals surface area contributed by atoms with Crippen molar-refractivity contribution < 1.29 is 14.3 Å². The molecule has 0 saturated carbocycles. The Bertz CT molecular complexity index is 882. The molecule has 0 spiro atoms. The summed E-state index contributed by atoms with van der Waals surface area (Å²) < 4.78 is 7.13. The van der Waals surface area contributed by atoms with Gasteiger partial charge in [-0.3, -0.25) is 20.4 Å². The maximum absolute atomic E-state index is 12.0. The summed E-state index contributed by atoms with van der Waals surface area (Å²) in [5, 5.41) is 9.21. The first-order valence-electron chi connectivity index (χ1n) is 9.66. The van der Waals surface area contributed by atoms with Gasteiger partial charge in [0.2, 0.25) is 5.91 Å². The van der Waals surface area contributed by atoms with E-state index in [9.17, 15) is 9.59 Å². The predicted octanol–water partition coefficient (Wildman–Crippen LogP) is 3.32. The Morgan fingerprint density at radius 3 is 2.42 bits per heavy atom. The molecule has 1 aromatic carbocycles. The van der Waals surface area contributed by atoms with Gasteiger partial charge < -0.3 is 9.30 Å². The molecule has 31 heavy (non-hydrogen) atoms. The van der Waals surface area contributed by atoms with E-state index in [-0.39, 0.29) is 11.2 Å². The van der Waals surface area contributed by atoms with Crippen molar-refractivity contribution in [2.24, 2.45) is 0 Å². The summed E-state index contributed by atoms with van der Waals surface area (Å²) in [6.45, 7) is 7.72. The van der Waals surface area contributed by atoms with Crippen LogP contribution in [0.25, 0.3) is 11.4 Å². The number of ether oxygens (including phenoxy) is 1. The summed E-state index contributed by atoms with van der Waals surface area (Å²) in [6, 6.07) is 8.24. The molecule has 11 heteroatoms. The van der Waals surface area contributed by atoms with E-state index in [0.29, 0.717) is 18.3 Å². The number of rotatable bonds is 9. The fourth-order valence-corrected chi connectivity index (χ4v) is 3.52. The summed E-state index contributed by atoms with van der Waals surface area (Å²) in [4.78, 5) is 22.1. The first kappa shape index (κ1) is 25.5. The second-order valence-corrected chi connectivity index (χ2v) is 9.80. The van der Waals surface area contributed by atoms with Gasteiger partial charge in [-0.2, -0.15) is 0 Å². The summed E-state index contributed by atoms with van der Waals surface area (Å²) in [5.74, 6) is -0.374. The zero-order valence-electron chi connectivity index (χ0n) is 17.9. The van der Waals surface area contributed by atoms with Gasteiger partial charge in [-0.15, -0.1) is 10.2 Å². The lowest BCUT2D eigenvalue weighted by Crippen LogP contribution is -2.44. The van der Waals surface area contributed by atoms with E-state index >= 15 is 0 Å². The van der Waals surface area contributed by atoms with E-state index in [1.165, 1.54) is 17.3 Å². The van der Waals surface area contributed by atoms with Crippen LogP contribution in [0.5, 0.6) is 0 Å². The van der Waals surface area contributed by atoms with Crippen molar-refractivity contribution in [2.75, 3.05) is 19.5 Å². The number of halogens is 2. The normalized spacial score (nSPS) is 11.6. The Balaban J connectivity index is 2.14. The number of nitrogens with one attached hydrogen (secondary N) is 2. The minimum absolute atomic E-state index is 0.0287. The molecule has 0 saturated heterocycles. The number of thioether (sulfide) groups is 1. The van der Waals surface area contributed by atoms with Gasteiger partial charge in [0.1, 0.15) is 0 Å². The molecule has 0 atom stereocenters. The smallest absolute Gasteiger partial charge is 0.271 e. The first-order valence-corrected chi connectivity index (χ1v) is 11.5. The van der Waals surface area contributed by atoms with E-state index in [1.807, 2.05) is 16.7 Å². The molecular formula is C20H27Cl2N5O3S. The van der Waals surface area contributed by atoms with Gasteiger partial charge in [-0.05, 0) is 17.4 Å². The molecule has 0 unspecified atom stereocenters. The third kappa shape index (κ3) is 7.68. The lowest BCUT2D eigenvalue weighted by molar-refractivity contribution is -0.126. The molecular weight excluding hydrogens is 461 g/mol. The van der Waals surface area contributed by atoms with Crippen LogP contribution in [0, 0.1) is 0 Å². The lowest BCUT2D eigenvalue weighted by atomic mass is 9.87. The first-order chi connectivity index (χ1) is 14.6. The van der Waals surface area contributed by atoms with Crippen molar-refractivity contribution in [1.82, 2.24) is 25.6 Å². The number of hydrazine groups is 1. The number of amides is 2. The Morgan fingerprint density at radius 1 is 1.16 bits per heavy atom. The third-order valence-electron chi connectivity index (χ3n) is 4.31. The standard InChI is InChI=1S/C20H27Cl2N5O3S/c1-20(2,3)14-8-6-13(7-9-14)17-24-26-19(27(17)10-5-11-30-4)31-12-15(28)23-25-18(29)16(21)22/h6-9,16H,5,10-12H2,1-4H3,(H,23,28)(H,25,29). The number of hydrogen-bond acceptors (Lipinski definition) is 6. The van der Waals surface area contributed by atoms with Crippen LogP contribution in [0.3, 0.4) is 0 Å². The Kier molecular flexibility index (Phi) is 9.61. The van der Waals surface area contributed by atoms with Crippen molar-refractivity contribution in [1.29, 1.82) is 0 Å². The molecule has 2 aromatic rings. The lowest BCUT2D eigenvalue weighted by Gasteiger charge is -2.19. The molecule has 0 radical (unpaired) electrons. The number of alkyl halides is 2. The van der Waals surface area contributed by atoms with Gasteiger partial charge in [0, 0.05) is 25.8 Å². The molecule has 170 valence electrons. The largest absolute Gasteiger partial charge is 0.385 e. The molecule has 0 fully saturated rings. The fraction of sp³-hybridized carbons (Fsp3) is 0.500. The monoisotopic (exact) mass is 487 g/mol. The predicted molar refractivity (Wildman–Crippen MR) is 123 cm³/mol. The summed E-state index contributed by atoms with van der Waals surface area (Å²) in [7, 11) is 1.65. The fourth-order valence-electron chi connectivity index (χ4n) is 2.65. The van der Waals surface area contributed by atoms with Crippen LogP contribution in [0.2, 0.25) is 0 Å². The summed E-state index contributed by atoms with van der Waals surface area (Å²) in [5.41, 5.74) is 6.63. The second kappa shape index (κ2) is 11.7. The highest BCUT2D eigenvalue weighted by Gasteiger charge is 2.18. The van der Waals surface area contributed by atoms with Crippen molar-refractivity contribution >= 4 is 46.8 Å². The molecule has 8 nitrogen and oxygen atoms in total. The molecule has 0 bridgehead atoms. The van der Waals surface area contributed by atoms with Crippen LogP contribution in [0.15, 0.2) is 29.4 Å². The minimum atomic E-state index is -1.26. The molecule has 2 rings (SSSR count). The van der Waals surface area contributed by atoms with Crippen molar-refractivity contribution in [2.45, 2.75) is 49.1 Å². The highest BCUT2D eigenvalue weighted by molar-refractivity contribution is 7.99. The molecule has 1 heterocycles. The van der Waals surface area contributed by atoms with Crippen molar-refractivity contribution in [3.63, 3.8) is 0 Å². The van der Waals surface area contributed by atoms with E-state index in [2.05, 4.69) is 54.0 Å². The van der Waals surface area contributed by atoms with Crippen LogP contribution >= 0.6 is 35.0 Å². The topological polar surface area (TPSA) is 98.1 Å². The van der Waals surface area contributed by atoms with Crippen LogP contribution in [-0.4, -0.2) is 50.9 Å². The third-order valence-corrected chi connectivity index (χ3v) is 5.67. The SMILES string of the molecule is COCCCn1c(SCC(=O)NNC(=O)C(Cl)Cl)nnc1-c1ccc(C(C)(C)C)cc1. The zero-order chi connectivity index (χ0) is 23.0. The quantitative estimate of drug-likeness (QED) is 0.243. The number of carbonyl (C=O) groups excluding carboxylic acids is 2. The van der Waals surface area contributed by atoms with E-state index in [4.69, 9.17) is 27.9 Å². The average molecular weight is 488 g/mol. The maximum Gasteiger partial charge on any atom is 0.271 e. The molecule has 2 N–H and O–H groups in total. The van der Waals surface area contributed by atoms with Gasteiger partial charge in [0.05, 0.1) is 5.75 Å². The van der Waals surface area contributed by atoms with Crippen molar-refractivity contribution in [3.05, 3.63) is 29.8 Å². The summed E-state index contributed by atoms with van der Waals surface area (Å²) in [6.07, 6.45) is 0.768. The maximum atomic E-state index is 12.0. The van der Waals surface area contributed by atoms with Crippen molar-refractivity contribution in [3.8, 4) is 11.4 Å². The number of hydrogen-bond donors (Lipinski definition) is 2. The van der Waals surface area contributed by atoms with E-state index < -0.39 is 16.7 Å². The van der Waals surface area contributed by atoms with Crippen LogP contribution in [0.1, 0.15) is 32.8 Å². The van der Waals surface area contributed by atoms with Crippen LogP contribution < -0.4 is 10.9 Å². The molecule has 0 aliphatic rings. The second-order valence-electron chi connectivity index (χ2n) is 7.76. The molecule has 2 amide bonds. The molecule has 0 aliphatic carbocycles.